The second-order valence-electron chi connectivity index (χ2n) is 7.37. The molecule has 0 amide bonds. The van der Waals surface area contributed by atoms with Crippen molar-refractivity contribution in [1.29, 1.82) is 0 Å². The van der Waals surface area contributed by atoms with Gasteiger partial charge in [-0.15, -0.1) is 0 Å². The number of rotatable bonds is 2. The molecule has 1 N–H and O–H groups in total. The molecule has 1 aromatic heterocycles. The zero-order valence-corrected chi connectivity index (χ0v) is 14.1. The lowest BCUT2D eigenvalue weighted by Crippen LogP contribution is -2.22. The number of nitrogens with zero attached hydrogens (tertiary/aromatic N) is 3. The summed E-state index contributed by atoms with van der Waals surface area (Å²) >= 11 is 0. The molecule has 4 rings (SSSR count). The summed E-state index contributed by atoms with van der Waals surface area (Å²) in [5.74, 6) is -2.97. The van der Waals surface area contributed by atoms with E-state index in [1.807, 2.05) is 24.3 Å². The minimum atomic E-state index is -1.00. The Morgan fingerprint density at radius 3 is 2.44 bits per heavy atom. The van der Waals surface area contributed by atoms with E-state index in [-0.39, 0.29) is 5.52 Å². The van der Waals surface area contributed by atoms with Crippen molar-refractivity contribution in [3.8, 4) is 11.4 Å². The van der Waals surface area contributed by atoms with E-state index in [2.05, 4.69) is 23.8 Å². The first kappa shape index (κ1) is 15.9. The predicted molar refractivity (Wildman–Crippen MR) is 93.3 cm³/mol. The molecular formula is C19H19F2N3O. The summed E-state index contributed by atoms with van der Waals surface area (Å²) in [4.78, 5) is 2.33. The van der Waals surface area contributed by atoms with Crippen LogP contribution in [0.4, 0.5) is 14.5 Å². The van der Waals surface area contributed by atoms with Gasteiger partial charge in [-0.1, -0.05) is 13.8 Å². The minimum absolute atomic E-state index is 0.0638. The van der Waals surface area contributed by atoms with Gasteiger partial charge in [-0.2, -0.15) is 5.10 Å². The highest BCUT2D eigenvalue weighted by Gasteiger charge is 2.29. The van der Waals surface area contributed by atoms with Gasteiger partial charge >= 0.3 is 0 Å². The summed E-state index contributed by atoms with van der Waals surface area (Å²) in [5.41, 5.74) is 2.14. The Labute approximate surface area is 144 Å². The SMILES string of the molecule is CC1(C)CCN(c2ccc(-n3ncc4cc(F)c(O)c(F)c43)cc2)C1. The van der Waals surface area contributed by atoms with Crippen LogP contribution >= 0.6 is 0 Å². The number of halogens is 2. The summed E-state index contributed by atoms with van der Waals surface area (Å²) < 4.78 is 29.1. The first-order valence-electron chi connectivity index (χ1n) is 8.26. The molecule has 1 aliphatic rings. The first-order valence-corrected chi connectivity index (χ1v) is 8.26. The van der Waals surface area contributed by atoms with Gasteiger partial charge in [-0.25, -0.2) is 13.5 Å². The number of anilines is 1. The van der Waals surface area contributed by atoms with Crippen molar-refractivity contribution >= 4 is 16.6 Å². The van der Waals surface area contributed by atoms with Crippen LogP contribution in [0.25, 0.3) is 16.6 Å². The number of aromatic nitrogens is 2. The fourth-order valence-electron chi connectivity index (χ4n) is 3.44. The number of phenolic OH excluding ortho intramolecular Hbond substituents is 1. The maximum absolute atomic E-state index is 14.3. The third-order valence-electron chi connectivity index (χ3n) is 4.86. The van der Waals surface area contributed by atoms with Crippen LogP contribution in [0.5, 0.6) is 5.75 Å². The molecule has 0 spiro atoms. The fourth-order valence-corrected chi connectivity index (χ4v) is 3.44. The monoisotopic (exact) mass is 343 g/mol. The zero-order chi connectivity index (χ0) is 17.8. The van der Waals surface area contributed by atoms with Crippen molar-refractivity contribution in [3.63, 3.8) is 0 Å². The highest BCUT2D eigenvalue weighted by Crippen LogP contribution is 2.34. The van der Waals surface area contributed by atoms with Crippen LogP contribution in [0.1, 0.15) is 20.3 Å². The average molecular weight is 343 g/mol. The largest absolute Gasteiger partial charge is 0.503 e. The Morgan fingerprint density at radius 1 is 1.12 bits per heavy atom. The Morgan fingerprint density at radius 2 is 1.80 bits per heavy atom. The molecule has 25 heavy (non-hydrogen) atoms. The average Bonchev–Trinajstić information content (AvgIpc) is 3.16. The zero-order valence-electron chi connectivity index (χ0n) is 14.1. The molecule has 0 bridgehead atoms. The summed E-state index contributed by atoms with van der Waals surface area (Å²) in [7, 11) is 0. The number of benzene rings is 2. The van der Waals surface area contributed by atoms with E-state index in [1.54, 1.807) is 0 Å². The van der Waals surface area contributed by atoms with Crippen molar-refractivity contribution in [1.82, 2.24) is 9.78 Å². The second kappa shape index (κ2) is 5.44. The summed E-state index contributed by atoms with van der Waals surface area (Å²) in [6, 6.07) is 8.74. The van der Waals surface area contributed by atoms with Crippen LogP contribution in [0.15, 0.2) is 36.5 Å². The topological polar surface area (TPSA) is 41.3 Å². The highest BCUT2D eigenvalue weighted by molar-refractivity contribution is 5.82. The smallest absolute Gasteiger partial charge is 0.194 e. The van der Waals surface area contributed by atoms with Crippen LogP contribution in [0.3, 0.4) is 0 Å². The standard InChI is InChI=1S/C19H19F2N3O/c1-19(2)7-8-23(11-19)13-3-5-14(6-4-13)24-17-12(10-22-24)9-15(20)18(25)16(17)21/h3-6,9-10,25H,7-8,11H2,1-2H3. The fraction of sp³-hybridized carbons (Fsp3) is 0.316. The molecule has 0 unspecified atom stereocenters. The predicted octanol–water partition coefficient (Wildman–Crippen LogP) is 4.25. The van der Waals surface area contributed by atoms with Crippen LogP contribution in [0.2, 0.25) is 0 Å². The van der Waals surface area contributed by atoms with E-state index >= 15 is 0 Å². The maximum Gasteiger partial charge on any atom is 0.194 e. The quantitative estimate of drug-likeness (QED) is 0.756. The van der Waals surface area contributed by atoms with Gasteiger partial charge in [0.1, 0.15) is 5.52 Å². The third-order valence-corrected chi connectivity index (χ3v) is 4.86. The van der Waals surface area contributed by atoms with E-state index < -0.39 is 17.4 Å². The summed E-state index contributed by atoms with van der Waals surface area (Å²) in [5, 5.41) is 14.0. The summed E-state index contributed by atoms with van der Waals surface area (Å²) in [6.07, 6.45) is 2.53. The number of aromatic hydroxyl groups is 1. The number of hydrogen-bond donors (Lipinski definition) is 1. The van der Waals surface area contributed by atoms with Crippen molar-refractivity contribution in [2.45, 2.75) is 20.3 Å². The number of phenols is 1. The van der Waals surface area contributed by atoms with Gasteiger partial charge in [0.25, 0.3) is 0 Å². The van der Waals surface area contributed by atoms with Crippen molar-refractivity contribution in [2.75, 3.05) is 18.0 Å². The van der Waals surface area contributed by atoms with Crippen LogP contribution < -0.4 is 4.90 Å². The normalized spacial score (nSPS) is 16.7. The van der Waals surface area contributed by atoms with Crippen LogP contribution in [-0.4, -0.2) is 28.0 Å². The van der Waals surface area contributed by atoms with Crippen molar-refractivity contribution < 1.29 is 13.9 Å². The maximum atomic E-state index is 14.3. The highest BCUT2D eigenvalue weighted by atomic mass is 19.1. The van der Waals surface area contributed by atoms with E-state index in [0.29, 0.717) is 16.5 Å². The van der Waals surface area contributed by atoms with E-state index in [4.69, 9.17) is 0 Å². The van der Waals surface area contributed by atoms with Gasteiger partial charge in [0, 0.05) is 24.2 Å². The third kappa shape index (κ3) is 2.62. The van der Waals surface area contributed by atoms with Crippen LogP contribution in [0, 0.1) is 17.0 Å². The molecule has 3 aromatic rings. The lowest BCUT2D eigenvalue weighted by atomic mass is 9.93. The molecule has 1 fully saturated rings. The molecule has 0 aliphatic carbocycles. The molecule has 0 saturated carbocycles. The molecular weight excluding hydrogens is 324 g/mol. The minimum Gasteiger partial charge on any atom is -0.503 e. The number of fused-ring (bicyclic) bond motifs is 1. The van der Waals surface area contributed by atoms with E-state index in [9.17, 15) is 13.9 Å². The Bertz CT molecular complexity index is 947. The molecule has 4 nitrogen and oxygen atoms in total. The van der Waals surface area contributed by atoms with E-state index in [1.165, 1.54) is 10.9 Å². The van der Waals surface area contributed by atoms with E-state index in [0.717, 1.165) is 31.3 Å². The Balaban J connectivity index is 1.72. The van der Waals surface area contributed by atoms with Crippen molar-refractivity contribution in [2.24, 2.45) is 5.41 Å². The second-order valence-corrected chi connectivity index (χ2v) is 7.37. The first-order chi connectivity index (χ1) is 11.9. The molecule has 2 heterocycles. The lowest BCUT2D eigenvalue weighted by molar-refractivity contribution is 0.399. The lowest BCUT2D eigenvalue weighted by Gasteiger charge is -2.21. The molecule has 0 atom stereocenters. The van der Waals surface area contributed by atoms with Gasteiger partial charge in [0.05, 0.1) is 11.9 Å². The number of hydrogen-bond acceptors (Lipinski definition) is 3. The molecule has 1 saturated heterocycles. The molecule has 130 valence electrons. The van der Waals surface area contributed by atoms with Gasteiger partial charge in [-0.3, -0.25) is 0 Å². The van der Waals surface area contributed by atoms with Gasteiger partial charge in [-0.05, 0) is 42.2 Å². The molecule has 1 aliphatic heterocycles. The Hall–Kier alpha value is -2.63. The van der Waals surface area contributed by atoms with Gasteiger partial charge < -0.3 is 10.0 Å². The van der Waals surface area contributed by atoms with Crippen LogP contribution in [-0.2, 0) is 0 Å². The van der Waals surface area contributed by atoms with Crippen molar-refractivity contribution in [3.05, 3.63) is 48.2 Å². The molecule has 0 radical (unpaired) electrons. The molecule has 6 heteroatoms. The van der Waals surface area contributed by atoms with Gasteiger partial charge in [0.2, 0.25) is 0 Å². The Kier molecular flexibility index (Phi) is 3.45. The summed E-state index contributed by atoms with van der Waals surface area (Å²) in [6.45, 7) is 6.52. The molecule has 2 aromatic carbocycles. The van der Waals surface area contributed by atoms with Gasteiger partial charge in [0.15, 0.2) is 17.4 Å².